The summed E-state index contributed by atoms with van der Waals surface area (Å²) in [6.07, 6.45) is -0.534. The molecule has 28 heavy (non-hydrogen) atoms. The molecule has 0 amide bonds. The third kappa shape index (κ3) is 5.56. The Morgan fingerprint density at radius 2 is 1.68 bits per heavy atom. The number of hydrogen-bond acceptors (Lipinski definition) is 5. The number of piperazine rings is 1. The molecule has 5 nitrogen and oxygen atoms in total. The van der Waals surface area contributed by atoms with Crippen LogP contribution in [-0.2, 0) is 0 Å². The summed E-state index contributed by atoms with van der Waals surface area (Å²) in [5, 5.41) is 20.0. The second-order valence-electron chi connectivity index (χ2n) is 7.57. The van der Waals surface area contributed by atoms with Crippen molar-refractivity contribution in [3.63, 3.8) is 0 Å². The first-order valence-corrected chi connectivity index (χ1v) is 9.85. The molecule has 0 aliphatic carbocycles. The van der Waals surface area contributed by atoms with Crippen LogP contribution in [0.15, 0.2) is 48.5 Å². The number of aryl methyl sites for hydroxylation is 2. The molecule has 3 rings (SSSR count). The highest BCUT2D eigenvalue weighted by Crippen LogP contribution is 2.21. The highest BCUT2D eigenvalue weighted by Gasteiger charge is 2.25. The molecule has 5 heteroatoms. The summed E-state index contributed by atoms with van der Waals surface area (Å²) in [6, 6.07) is 18.2. The number of nitriles is 1. The predicted molar refractivity (Wildman–Crippen MR) is 110 cm³/mol. The van der Waals surface area contributed by atoms with Gasteiger partial charge in [0.05, 0.1) is 6.07 Å². The van der Waals surface area contributed by atoms with Gasteiger partial charge in [-0.3, -0.25) is 9.80 Å². The SMILES string of the molecule is Cc1cc(C)cc(OCC(O)CN2CCN(C(C#N)c3ccccc3)CC2)c1. The van der Waals surface area contributed by atoms with Gasteiger partial charge in [0.2, 0.25) is 0 Å². The van der Waals surface area contributed by atoms with Crippen molar-refractivity contribution in [2.45, 2.75) is 26.0 Å². The maximum Gasteiger partial charge on any atom is 0.123 e. The zero-order chi connectivity index (χ0) is 19.9. The number of hydrogen-bond donors (Lipinski definition) is 1. The number of ether oxygens (including phenoxy) is 1. The van der Waals surface area contributed by atoms with Gasteiger partial charge < -0.3 is 9.84 Å². The molecule has 0 aromatic heterocycles. The summed E-state index contributed by atoms with van der Waals surface area (Å²) < 4.78 is 5.78. The standard InChI is InChI=1S/C23H29N3O2/c1-18-12-19(2)14-22(13-18)28-17-21(27)16-25-8-10-26(11-9-25)23(15-24)20-6-4-3-5-7-20/h3-7,12-14,21,23,27H,8-11,16-17H2,1-2H3. The Kier molecular flexibility index (Phi) is 7.05. The van der Waals surface area contributed by atoms with Gasteiger partial charge >= 0.3 is 0 Å². The average Bonchev–Trinajstić information content (AvgIpc) is 2.68. The topological polar surface area (TPSA) is 59.7 Å². The average molecular weight is 380 g/mol. The molecule has 2 unspecified atom stereocenters. The first-order chi connectivity index (χ1) is 13.5. The summed E-state index contributed by atoms with van der Waals surface area (Å²) in [5.41, 5.74) is 3.36. The van der Waals surface area contributed by atoms with Gasteiger partial charge in [-0.15, -0.1) is 0 Å². The Balaban J connectivity index is 1.45. The number of β-amino-alcohol motifs (C(OH)–C–C–N with tert-alkyl or cyclic N) is 1. The number of benzene rings is 2. The molecule has 1 aliphatic rings. The molecule has 2 aromatic rings. The molecule has 1 saturated heterocycles. The van der Waals surface area contributed by atoms with E-state index in [1.54, 1.807) is 0 Å². The van der Waals surface area contributed by atoms with E-state index >= 15 is 0 Å². The monoisotopic (exact) mass is 379 g/mol. The summed E-state index contributed by atoms with van der Waals surface area (Å²) in [4.78, 5) is 4.45. The van der Waals surface area contributed by atoms with Gasteiger partial charge in [-0.1, -0.05) is 36.4 Å². The summed E-state index contributed by atoms with van der Waals surface area (Å²) >= 11 is 0. The van der Waals surface area contributed by atoms with Crippen molar-refractivity contribution < 1.29 is 9.84 Å². The van der Waals surface area contributed by atoms with Crippen molar-refractivity contribution >= 4 is 0 Å². The molecule has 0 saturated carbocycles. The molecule has 0 bridgehead atoms. The zero-order valence-electron chi connectivity index (χ0n) is 16.7. The van der Waals surface area contributed by atoms with Crippen molar-refractivity contribution in [1.29, 1.82) is 5.26 Å². The van der Waals surface area contributed by atoms with Gasteiger partial charge in [-0.25, -0.2) is 0 Å². The number of nitrogens with zero attached hydrogens (tertiary/aromatic N) is 3. The van der Waals surface area contributed by atoms with Gasteiger partial charge in [0.25, 0.3) is 0 Å². The van der Waals surface area contributed by atoms with E-state index in [4.69, 9.17) is 4.74 Å². The summed E-state index contributed by atoms with van der Waals surface area (Å²) in [7, 11) is 0. The lowest BCUT2D eigenvalue weighted by Gasteiger charge is -2.37. The van der Waals surface area contributed by atoms with Crippen molar-refractivity contribution in [2.24, 2.45) is 0 Å². The predicted octanol–water partition coefficient (Wildman–Crippen LogP) is 2.93. The molecule has 0 spiro atoms. The first-order valence-electron chi connectivity index (χ1n) is 9.85. The van der Waals surface area contributed by atoms with Crippen LogP contribution in [0.1, 0.15) is 22.7 Å². The second-order valence-corrected chi connectivity index (χ2v) is 7.57. The minimum Gasteiger partial charge on any atom is -0.491 e. The molecular weight excluding hydrogens is 350 g/mol. The molecule has 148 valence electrons. The van der Waals surface area contributed by atoms with Gasteiger partial charge in [-0.2, -0.15) is 5.26 Å². The van der Waals surface area contributed by atoms with Crippen LogP contribution >= 0.6 is 0 Å². The van der Waals surface area contributed by atoms with Crippen LogP contribution in [0.4, 0.5) is 0 Å². The molecule has 1 aliphatic heterocycles. The summed E-state index contributed by atoms with van der Waals surface area (Å²) in [6.45, 7) is 8.27. The van der Waals surface area contributed by atoms with Crippen LogP contribution in [0.5, 0.6) is 5.75 Å². The molecule has 1 N–H and O–H groups in total. The maximum absolute atomic E-state index is 10.4. The Bertz CT molecular complexity index is 775. The fourth-order valence-electron chi connectivity index (χ4n) is 3.77. The molecule has 1 fully saturated rings. The maximum atomic E-state index is 10.4. The lowest BCUT2D eigenvalue weighted by Crippen LogP contribution is -2.49. The number of aliphatic hydroxyl groups is 1. The molecule has 2 atom stereocenters. The third-order valence-electron chi connectivity index (χ3n) is 5.12. The largest absolute Gasteiger partial charge is 0.491 e. The van der Waals surface area contributed by atoms with Crippen molar-refractivity contribution in [2.75, 3.05) is 39.3 Å². The molecule has 1 heterocycles. The summed E-state index contributed by atoms with van der Waals surface area (Å²) in [5.74, 6) is 0.807. The molecule has 0 radical (unpaired) electrons. The van der Waals surface area contributed by atoms with Crippen LogP contribution in [0, 0.1) is 25.2 Å². The van der Waals surface area contributed by atoms with E-state index < -0.39 is 6.10 Å². The van der Waals surface area contributed by atoms with Crippen molar-refractivity contribution in [3.05, 3.63) is 65.2 Å². The zero-order valence-corrected chi connectivity index (χ0v) is 16.7. The van der Waals surface area contributed by atoms with Crippen LogP contribution in [0.2, 0.25) is 0 Å². The van der Waals surface area contributed by atoms with Gasteiger partial charge in [-0.05, 0) is 42.7 Å². The van der Waals surface area contributed by atoms with Crippen LogP contribution in [-0.4, -0.2) is 60.3 Å². The van der Waals surface area contributed by atoms with E-state index in [9.17, 15) is 10.4 Å². The Labute approximate surface area is 167 Å². The van der Waals surface area contributed by atoms with E-state index in [-0.39, 0.29) is 12.6 Å². The minimum atomic E-state index is -0.534. The minimum absolute atomic E-state index is 0.207. The lowest BCUT2D eigenvalue weighted by molar-refractivity contribution is 0.0413. The highest BCUT2D eigenvalue weighted by atomic mass is 16.5. The van der Waals surface area contributed by atoms with Gasteiger partial charge in [0, 0.05) is 32.7 Å². The molecular formula is C23H29N3O2. The van der Waals surface area contributed by atoms with Gasteiger partial charge in [0.1, 0.15) is 24.5 Å². The van der Waals surface area contributed by atoms with Crippen LogP contribution in [0.3, 0.4) is 0 Å². The second kappa shape index (κ2) is 9.70. The van der Waals surface area contributed by atoms with E-state index in [0.717, 1.165) is 48.6 Å². The van der Waals surface area contributed by atoms with Gasteiger partial charge in [0.15, 0.2) is 0 Å². The Morgan fingerprint density at radius 1 is 1.04 bits per heavy atom. The fourth-order valence-corrected chi connectivity index (χ4v) is 3.77. The fraction of sp³-hybridized carbons (Fsp3) is 0.435. The van der Waals surface area contributed by atoms with Crippen LogP contribution in [0.25, 0.3) is 0 Å². The number of aliphatic hydroxyl groups excluding tert-OH is 1. The normalized spacial score (nSPS) is 17.6. The molecule has 2 aromatic carbocycles. The Hall–Kier alpha value is -2.39. The first kappa shape index (κ1) is 20.3. The number of rotatable bonds is 7. The van der Waals surface area contributed by atoms with E-state index in [1.165, 1.54) is 0 Å². The Morgan fingerprint density at radius 3 is 2.29 bits per heavy atom. The smallest absolute Gasteiger partial charge is 0.123 e. The quantitative estimate of drug-likeness (QED) is 0.802. The highest BCUT2D eigenvalue weighted by molar-refractivity contribution is 5.33. The lowest BCUT2D eigenvalue weighted by atomic mass is 10.1. The van der Waals surface area contributed by atoms with E-state index in [0.29, 0.717) is 6.54 Å². The van der Waals surface area contributed by atoms with Crippen LogP contribution < -0.4 is 4.74 Å². The van der Waals surface area contributed by atoms with Crippen molar-refractivity contribution in [3.8, 4) is 11.8 Å². The van der Waals surface area contributed by atoms with E-state index in [2.05, 4.69) is 21.9 Å². The third-order valence-corrected chi connectivity index (χ3v) is 5.12. The van der Waals surface area contributed by atoms with Crippen molar-refractivity contribution in [1.82, 2.24) is 9.80 Å². The van der Waals surface area contributed by atoms with E-state index in [1.807, 2.05) is 56.3 Å².